The monoisotopic (exact) mass is 256 g/mol. The van der Waals surface area contributed by atoms with E-state index in [0.717, 1.165) is 19.4 Å². The number of carboxylic acids is 1. The lowest BCUT2D eigenvalue weighted by Gasteiger charge is -2.25. The number of likely N-dealkylation sites (N-methyl/N-ethyl adjacent to an activating group) is 1. The van der Waals surface area contributed by atoms with Crippen LogP contribution in [0.2, 0.25) is 0 Å². The van der Waals surface area contributed by atoms with Gasteiger partial charge in [0.15, 0.2) is 0 Å². The standard InChI is InChI=1S/C14H28N2O2/c1-13(2)8-10-16(11-13)9-6-5-7-14(3,15-4)12(17)18/h15H,5-11H2,1-4H3,(H,17,18). The highest BCUT2D eigenvalue weighted by molar-refractivity contribution is 5.78. The molecule has 0 aromatic heterocycles. The summed E-state index contributed by atoms with van der Waals surface area (Å²) >= 11 is 0. The number of nitrogens with one attached hydrogen (secondary N) is 1. The van der Waals surface area contributed by atoms with Gasteiger partial charge in [0.2, 0.25) is 0 Å². The van der Waals surface area contributed by atoms with Crippen molar-refractivity contribution in [3.63, 3.8) is 0 Å². The lowest BCUT2D eigenvalue weighted by molar-refractivity contribution is -0.144. The average molecular weight is 256 g/mol. The highest BCUT2D eigenvalue weighted by Gasteiger charge is 2.31. The molecule has 1 unspecified atom stereocenters. The summed E-state index contributed by atoms with van der Waals surface area (Å²) in [6.07, 6.45) is 4.01. The number of unbranched alkanes of at least 4 members (excludes halogenated alkanes) is 1. The molecule has 0 aliphatic carbocycles. The van der Waals surface area contributed by atoms with Gasteiger partial charge in [0.1, 0.15) is 5.54 Å². The van der Waals surface area contributed by atoms with Crippen molar-refractivity contribution in [3.05, 3.63) is 0 Å². The third-order valence-electron chi connectivity index (χ3n) is 4.18. The van der Waals surface area contributed by atoms with E-state index in [1.807, 2.05) is 0 Å². The molecule has 4 heteroatoms. The second-order valence-corrected chi connectivity index (χ2v) is 6.53. The van der Waals surface area contributed by atoms with Crippen LogP contribution in [0.15, 0.2) is 0 Å². The molecule has 0 aromatic carbocycles. The molecule has 1 aliphatic heterocycles. The smallest absolute Gasteiger partial charge is 0.323 e. The normalized spacial score (nSPS) is 22.9. The van der Waals surface area contributed by atoms with Gasteiger partial charge in [-0.25, -0.2) is 0 Å². The zero-order valence-corrected chi connectivity index (χ0v) is 12.3. The molecule has 1 fully saturated rings. The summed E-state index contributed by atoms with van der Waals surface area (Å²) in [5, 5.41) is 12.0. The quantitative estimate of drug-likeness (QED) is 0.684. The maximum atomic E-state index is 11.1. The summed E-state index contributed by atoms with van der Waals surface area (Å²) in [7, 11) is 1.72. The first-order valence-electron chi connectivity index (χ1n) is 6.94. The molecule has 0 radical (unpaired) electrons. The highest BCUT2D eigenvalue weighted by Crippen LogP contribution is 2.28. The Hall–Kier alpha value is -0.610. The van der Waals surface area contributed by atoms with Crippen molar-refractivity contribution in [3.8, 4) is 0 Å². The van der Waals surface area contributed by atoms with Crippen LogP contribution in [-0.2, 0) is 4.79 Å². The van der Waals surface area contributed by atoms with Gasteiger partial charge in [-0.05, 0) is 58.2 Å². The van der Waals surface area contributed by atoms with Crippen LogP contribution < -0.4 is 5.32 Å². The molecule has 0 aromatic rings. The van der Waals surface area contributed by atoms with E-state index in [2.05, 4.69) is 24.1 Å². The van der Waals surface area contributed by atoms with Crippen molar-refractivity contribution in [2.24, 2.45) is 5.41 Å². The third kappa shape index (κ3) is 4.25. The Kier molecular flexibility index (Phi) is 5.17. The van der Waals surface area contributed by atoms with Crippen LogP contribution in [0.25, 0.3) is 0 Å². The Bertz CT molecular complexity index is 292. The molecule has 0 saturated carbocycles. The van der Waals surface area contributed by atoms with Gasteiger partial charge in [0.05, 0.1) is 0 Å². The summed E-state index contributed by atoms with van der Waals surface area (Å²) < 4.78 is 0. The zero-order chi connectivity index (χ0) is 13.8. The number of hydrogen-bond donors (Lipinski definition) is 2. The second-order valence-electron chi connectivity index (χ2n) is 6.53. The molecule has 18 heavy (non-hydrogen) atoms. The van der Waals surface area contributed by atoms with Crippen molar-refractivity contribution in [1.82, 2.24) is 10.2 Å². The molecule has 4 nitrogen and oxygen atoms in total. The first-order valence-corrected chi connectivity index (χ1v) is 6.94. The van der Waals surface area contributed by atoms with Crippen molar-refractivity contribution < 1.29 is 9.90 Å². The van der Waals surface area contributed by atoms with Gasteiger partial charge >= 0.3 is 5.97 Å². The van der Waals surface area contributed by atoms with Gasteiger partial charge < -0.3 is 15.3 Å². The zero-order valence-electron chi connectivity index (χ0n) is 12.3. The summed E-state index contributed by atoms with van der Waals surface area (Å²) in [6, 6.07) is 0. The number of carbonyl (C=O) groups is 1. The second kappa shape index (κ2) is 6.02. The molecule has 1 heterocycles. The highest BCUT2D eigenvalue weighted by atomic mass is 16.4. The van der Waals surface area contributed by atoms with E-state index >= 15 is 0 Å². The lowest BCUT2D eigenvalue weighted by Crippen LogP contribution is -2.47. The van der Waals surface area contributed by atoms with E-state index in [4.69, 9.17) is 5.11 Å². The minimum absolute atomic E-state index is 0.459. The molecule has 0 bridgehead atoms. The molecular weight excluding hydrogens is 228 g/mol. The van der Waals surface area contributed by atoms with Gasteiger partial charge in [-0.2, -0.15) is 0 Å². The summed E-state index contributed by atoms with van der Waals surface area (Å²) in [4.78, 5) is 13.6. The minimum atomic E-state index is -0.774. The van der Waals surface area contributed by atoms with Crippen molar-refractivity contribution >= 4 is 5.97 Å². The van der Waals surface area contributed by atoms with E-state index in [1.54, 1.807) is 14.0 Å². The van der Waals surface area contributed by atoms with Crippen LogP contribution in [-0.4, -0.2) is 48.2 Å². The van der Waals surface area contributed by atoms with Crippen LogP contribution in [0.5, 0.6) is 0 Å². The predicted molar refractivity (Wildman–Crippen MR) is 73.8 cm³/mol. The average Bonchev–Trinajstić information content (AvgIpc) is 2.64. The van der Waals surface area contributed by atoms with Gasteiger partial charge in [0.25, 0.3) is 0 Å². The summed E-state index contributed by atoms with van der Waals surface area (Å²) in [6.45, 7) is 9.85. The number of rotatable bonds is 7. The largest absolute Gasteiger partial charge is 0.480 e. The van der Waals surface area contributed by atoms with Crippen LogP contribution in [0.4, 0.5) is 0 Å². The van der Waals surface area contributed by atoms with E-state index in [0.29, 0.717) is 11.8 Å². The Morgan fingerprint density at radius 3 is 2.56 bits per heavy atom. The Labute approximate surface area is 111 Å². The minimum Gasteiger partial charge on any atom is -0.480 e. The number of likely N-dealkylation sites (tertiary alicyclic amines) is 1. The topological polar surface area (TPSA) is 52.6 Å². The van der Waals surface area contributed by atoms with Crippen molar-refractivity contribution in [1.29, 1.82) is 0 Å². The Balaban J connectivity index is 2.21. The SMILES string of the molecule is CNC(C)(CCCCN1CCC(C)(C)C1)C(=O)O. The molecule has 1 atom stereocenters. The number of nitrogens with zero attached hydrogens (tertiary/aromatic N) is 1. The molecule has 1 saturated heterocycles. The van der Waals surface area contributed by atoms with Crippen molar-refractivity contribution in [2.45, 2.75) is 52.0 Å². The van der Waals surface area contributed by atoms with Gasteiger partial charge in [-0.3, -0.25) is 4.79 Å². The number of carboxylic acid groups (broad SMARTS) is 1. The van der Waals surface area contributed by atoms with Crippen LogP contribution in [0.1, 0.15) is 46.5 Å². The van der Waals surface area contributed by atoms with Crippen LogP contribution in [0.3, 0.4) is 0 Å². The maximum absolute atomic E-state index is 11.1. The first-order chi connectivity index (χ1) is 8.29. The fraction of sp³-hybridized carbons (Fsp3) is 0.929. The fourth-order valence-electron chi connectivity index (χ4n) is 2.57. The summed E-state index contributed by atoms with van der Waals surface area (Å²) in [5.74, 6) is -0.757. The molecule has 106 valence electrons. The van der Waals surface area contributed by atoms with E-state index in [-0.39, 0.29) is 0 Å². The molecule has 1 aliphatic rings. The predicted octanol–water partition coefficient (Wildman–Crippen LogP) is 1.95. The Morgan fingerprint density at radius 1 is 1.44 bits per heavy atom. The third-order valence-corrected chi connectivity index (χ3v) is 4.18. The van der Waals surface area contributed by atoms with Gasteiger partial charge in [0, 0.05) is 6.54 Å². The summed E-state index contributed by atoms with van der Waals surface area (Å²) in [5.41, 5.74) is -0.315. The Morgan fingerprint density at radius 2 is 2.11 bits per heavy atom. The van der Waals surface area contributed by atoms with E-state index in [1.165, 1.54) is 19.5 Å². The van der Waals surface area contributed by atoms with E-state index < -0.39 is 11.5 Å². The van der Waals surface area contributed by atoms with Crippen LogP contribution in [0, 0.1) is 5.41 Å². The molecule has 0 amide bonds. The molecule has 0 spiro atoms. The number of aliphatic carboxylic acids is 1. The lowest BCUT2D eigenvalue weighted by atomic mass is 9.93. The number of hydrogen-bond acceptors (Lipinski definition) is 3. The molecule has 1 rings (SSSR count). The fourth-order valence-corrected chi connectivity index (χ4v) is 2.57. The first kappa shape index (κ1) is 15.4. The van der Waals surface area contributed by atoms with Gasteiger partial charge in [-0.1, -0.05) is 13.8 Å². The molecule has 2 N–H and O–H groups in total. The van der Waals surface area contributed by atoms with Gasteiger partial charge in [-0.15, -0.1) is 0 Å². The van der Waals surface area contributed by atoms with E-state index in [9.17, 15) is 4.79 Å². The molecular formula is C14H28N2O2. The van der Waals surface area contributed by atoms with Crippen LogP contribution >= 0.6 is 0 Å². The van der Waals surface area contributed by atoms with Crippen molar-refractivity contribution in [2.75, 3.05) is 26.7 Å². The maximum Gasteiger partial charge on any atom is 0.323 e.